The average Bonchev–Trinajstić information content (AvgIpc) is 2.53. The van der Waals surface area contributed by atoms with Crippen molar-refractivity contribution in [1.82, 2.24) is 10.2 Å². The highest BCUT2D eigenvalue weighted by atomic mass is 16.3. The lowest BCUT2D eigenvalue weighted by molar-refractivity contribution is -0.117. The summed E-state index contributed by atoms with van der Waals surface area (Å²) in [5, 5.41) is 17.5. The van der Waals surface area contributed by atoms with Crippen LogP contribution in [0.5, 0.6) is 5.75 Å². The topological polar surface area (TPSA) is 83.0 Å². The van der Waals surface area contributed by atoms with E-state index in [1.165, 1.54) is 0 Å². The molecule has 0 spiro atoms. The van der Waals surface area contributed by atoms with Crippen molar-refractivity contribution in [2.45, 2.75) is 19.8 Å². The molecule has 1 heterocycles. The van der Waals surface area contributed by atoms with Crippen molar-refractivity contribution in [2.24, 2.45) is 0 Å². The Balaban J connectivity index is 1.86. The van der Waals surface area contributed by atoms with Gasteiger partial charge in [-0.2, -0.15) is 5.10 Å². The molecule has 116 valence electrons. The van der Waals surface area contributed by atoms with E-state index in [9.17, 15) is 14.7 Å². The molecule has 0 atom stereocenters. The third-order valence-corrected chi connectivity index (χ3v) is 3.77. The normalized spacial score (nSPS) is 10.8. The molecule has 0 saturated heterocycles. The lowest BCUT2D eigenvalue weighted by Crippen LogP contribution is -2.14. The van der Waals surface area contributed by atoms with Gasteiger partial charge >= 0.3 is 0 Å². The van der Waals surface area contributed by atoms with Gasteiger partial charge in [-0.15, -0.1) is 0 Å². The molecule has 0 radical (unpaired) electrons. The van der Waals surface area contributed by atoms with Gasteiger partial charge in [-0.1, -0.05) is 30.3 Å². The lowest BCUT2D eigenvalue weighted by Gasteiger charge is -2.06. The molecule has 0 unspecified atom stereocenters. The summed E-state index contributed by atoms with van der Waals surface area (Å²) in [7, 11) is 0. The zero-order chi connectivity index (χ0) is 16.4. The minimum Gasteiger partial charge on any atom is -0.508 e. The van der Waals surface area contributed by atoms with Crippen molar-refractivity contribution in [2.75, 3.05) is 0 Å². The van der Waals surface area contributed by atoms with E-state index in [2.05, 4.69) is 10.2 Å². The maximum Gasteiger partial charge on any atom is 0.272 e. The Morgan fingerprint density at radius 1 is 1.13 bits per heavy atom. The number of H-pyrrole nitrogens is 1. The molecule has 5 nitrogen and oxygen atoms in total. The monoisotopic (exact) mass is 308 g/mol. The molecule has 23 heavy (non-hydrogen) atoms. The molecule has 5 heteroatoms. The fraction of sp³-hybridized carbons (Fsp3) is 0.167. The summed E-state index contributed by atoms with van der Waals surface area (Å²) < 4.78 is 0. The fourth-order valence-electron chi connectivity index (χ4n) is 2.59. The van der Waals surface area contributed by atoms with Crippen LogP contribution in [0, 0.1) is 6.92 Å². The van der Waals surface area contributed by atoms with E-state index >= 15 is 0 Å². The summed E-state index contributed by atoms with van der Waals surface area (Å²) in [5.41, 5.74) is 1.80. The average molecular weight is 308 g/mol. The van der Waals surface area contributed by atoms with Gasteiger partial charge in [0.2, 0.25) is 0 Å². The molecule has 2 N–H and O–H groups in total. The first-order valence-electron chi connectivity index (χ1n) is 7.31. The van der Waals surface area contributed by atoms with E-state index in [0.29, 0.717) is 22.0 Å². The SMILES string of the molecule is Cc1ccc(CC(=O)Cc2n[nH]c(=O)c3ccccc23)c(O)c1. The fourth-order valence-corrected chi connectivity index (χ4v) is 2.59. The summed E-state index contributed by atoms with van der Waals surface area (Å²) in [5.74, 6) is 0.0477. The zero-order valence-electron chi connectivity index (χ0n) is 12.7. The van der Waals surface area contributed by atoms with Crippen molar-refractivity contribution in [3.8, 4) is 5.75 Å². The summed E-state index contributed by atoms with van der Waals surface area (Å²) in [6.07, 6.45) is 0.228. The minimum absolute atomic E-state index is 0.0751. The van der Waals surface area contributed by atoms with Gasteiger partial charge in [0.05, 0.1) is 17.5 Å². The summed E-state index contributed by atoms with van der Waals surface area (Å²) >= 11 is 0. The second-order valence-electron chi connectivity index (χ2n) is 5.57. The lowest BCUT2D eigenvalue weighted by atomic mass is 10.0. The molecular formula is C18H16N2O3. The number of aromatic amines is 1. The Kier molecular flexibility index (Phi) is 3.93. The first-order chi connectivity index (χ1) is 11.0. The number of nitrogens with one attached hydrogen (secondary N) is 1. The third kappa shape index (κ3) is 3.13. The van der Waals surface area contributed by atoms with Crippen LogP contribution in [-0.4, -0.2) is 21.1 Å². The van der Waals surface area contributed by atoms with E-state index in [1.807, 2.05) is 19.1 Å². The predicted octanol–water partition coefficient (Wildman–Crippen LogP) is 2.29. The number of hydrogen-bond donors (Lipinski definition) is 2. The Morgan fingerprint density at radius 3 is 2.61 bits per heavy atom. The smallest absolute Gasteiger partial charge is 0.272 e. The van der Waals surface area contributed by atoms with Gasteiger partial charge in [0, 0.05) is 17.4 Å². The maximum absolute atomic E-state index is 12.3. The van der Waals surface area contributed by atoms with Crippen molar-refractivity contribution in [3.63, 3.8) is 0 Å². The molecular weight excluding hydrogens is 292 g/mol. The van der Waals surface area contributed by atoms with Gasteiger partial charge in [-0.3, -0.25) is 9.59 Å². The number of nitrogens with zero attached hydrogens (tertiary/aromatic N) is 1. The summed E-state index contributed by atoms with van der Waals surface area (Å²) in [6, 6.07) is 12.3. The molecule has 0 saturated carbocycles. The first-order valence-corrected chi connectivity index (χ1v) is 7.31. The Morgan fingerprint density at radius 2 is 1.87 bits per heavy atom. The number of ketones is 1. The number of rotatable bonds is 4. The van der Waals surface area contributed by atoms with E-state index in [0.717, 1.165) is 5.56 Å². The number of phenols is 1. The van der Waals surface area contributed by atoms with Gasteiger partial charge in [-0.05, 0) is 24.6 Å². The van der Waals surface area contributed by atoms with Crippen LogP contribution in [0.25, 0.3) is 10.8 Å². The molecule has 0 aliphatic carbocycles. The number of aromatic hydroxyl groups is 1. The standard InChI is InChI=1S/C18H16N2O3/c1-11-6-7-12(17(22)8-11)9-13(21)10-16-14-4-2-3-5-15(14)18(23)20-19-16/h2-8,22H,9-10H2,1H3,(H,20,23). The summed E-state index contributed by atoms with van der Waals surface area (Å²) in [6.45, 7) is 1.88. The van der Waals surface area contributed by atoms with Crippen LogP contribution in [0.3, 0.4) is 0 Å². The molecule has 3 rings (SSSR count). The number of hydrogen-bond acceptors (Lipinski definition) is 4. The Bertz CT molecular complexity index is 944. The van der Waals surface area contributed by atoms with Crippen LogP contribution in [0.15, 0.2) is 47.3 Å². The van der Waals surface area contributed by atoms with Gasteiger partial charge in [0.25, 0.3) is 5.56 Å². The van der Waals surface area contributed by atoms with Crippen LogP contribution in [-0.2, 0) is 17.6 Å². The molecule has 2 aromatic carbocycles. The van der Waals surface area contributed by atoms with Crippen LogP contribution in [0.2, 0.25) is 0 Å². The van der Waals surface area contributed by atoms with Crippen molar-refractivity contribution >= 4 is 16.6 Å². The van der Waals surface area contributed by atoms with Crippen molar-refractivity contribution < 1.29 is 9.90 Å². The van der Waals surface area contributed by atoms with Crippen LogP contribution in [0.1, 0.15) is 16.8 Å². The van der Waals surface area contributed by atoms with Crippen LogP contribution < -0.4 is 5.56 Å². The molecule has 0 bridgehead atoms. The minimum atomic E-state index is -0.270. The molecule has 3 aromatic rings. The van der Waals surface area contributed by atoms with Gasteiger partial charge in [0.1, 0.15) is 11.5 Å². The highest BCUT2D eigenvalue weighted by Crippen LogP contribution is 2.20. The van der Waals surface area contributed by atoms with Crippen LogP contribution >= 0.6 is 0 Å². The second kappa shape index (κ2) is 6.04. The highest BCUT2D eigenvalue weighted by molar-refractivity contribution is 5.90. The number of fused-ring (bicyclic) bond motifs is 1. The number of aryl methyl sites for hydroxylation is 1. The number of phenolic OH excluding ortho intramolecular Hbond substituents is 1. The van der Waals surface area contributed by atoms with Gasteiger partial charge < -0.3 is 5.11 Å². The molecule has 0 amide bonds. The second-order valence-corrected chi connectivity index (χ2v) is 5.57. The van der Waals surface area contributed by atoms with Crippen molar-refractivity contribution in [1.29, 1.82) is 0 Å². The van der Waals surface area contributed by atoms with E-state index in [4.69, 9.17) is 0 Å². The highest BCUT2D eigenvalue weighted by Gasteiger charge is 2.13. The number of carbonyl (C=O) groups excluding carboxylic acids is 1. The first kappa shape index (κ1) is 15.0. The van der Waals surface area contributed by atoms with E-state index in [1.54, 1.807) is 30.3 Å². The van der Waals surface area contributed by atoms with Gasteiger partial charge in [0.15, 0.2) is 0 Å². The number of aromatic nitrogens is 2. The molecule has 1 aromatic heterocycles. The largest absolute Gasteiger partial charge is 0.508 e. The number of Topliss-reactive ketones (excluding diaryl/α,β-unsaturated/α-hetero) is 1. The quantitative estimate of drug-likeness (QED) is 0.774. The van der Waals surface area contributed by atoms with Crippen LogP contribution in [0.4, 0.5) is 0 Å². The van der Waals surface area contributed by atoms with Gasteiger partial charge in [-0.25, -0.2) is 5.10 Å². The third-order valence-electron chi connectivity index (χ3n) is 3.77. The summed E-state index contributed by atoms with van der Waals surface area (Å²) in [4.78, 5) is 24.1. The van der Waals surface area contributed by atoms with E-state index in [-0.39, 0.29) is 29.9 Å². The number of carbonyl (C=O) groups is 1. The number of benzene rings is 2. The molecule has 0 aliphatic heterocycles. The van der Waals surface area contributed by atoms with Crippen molar-refractivity contribution in [3.05, 3.63) is 69.6 Å². The Hall–Kier alpha value is -2.95. The maximum atomic E-state index is 12.3. The predicted molar refractivity (Wildman–Crippen MR) is 87.6 cm³/mol. The van der Waals surface area contributed by atoms with E-state index < -0.39 is 0 Å². The zero-order valence-corrected chi connectivity index (χ0v) is 12.7. The Labute approximate surface area is 132 Å². The molecule has 0 aliphatic rings. The molecule has 0 fully saturated rings.